The maximum Gasteiger partial charge on any atom is 0.271 e. The van der Waals surface area contributed by atoms with E-state index in [4.69, 9.17) is 0 Å². The Labute approximate surface area is 105 Å². The van der Waals surface area contributed by atoms with Crippen molar-refractivity contribution in [1.29, 1.82) is 0 Å². The maximum absolute atomic E-state index is 11.9. The fraction of sp³-hybridized carbons (Fsp3) is 0.231. The summed E-state index contributed by atoms with van der Waals surface area (Å²) < 4.78 is 0. The number of benzene rings is 1. The molecule has 2 aromatic rings. The number of carbonyl (C=O) groups is 1. The van der Waals surface area contributed by atoms with Gasteiger partial charge in [0.2, 0.25) is 0 Å². The molecule has 0 fully saturated rings. The van der Waals surface area contributed by atoms with Crippen molar-refractivity contribution >= 4 is 17.2 Å². The van der Waals surface area contributed by atoms with Gasteiger partial charge in [0.05, 0.1) is 11.0 Å². The van der Waals surface area contributed by atoms with E-state index in [0.717, 1.165) is 5.56 Å². The third-order valence-electron chi connectivity index (χ3n) is 2.59. The topological polar surface area (TPSA) is 42.0 Å². The average Bonchev–Trinajstić information content (AvgIpc) is 2.83. The number of nitrogens with zero attached hydrogens (tertiary/aromatic N) is 1. The second-order valence-electron chi connectivity index (χ2n) is 4.32. The van der Waals surface area contributed by atoms with Crippen molar-refractivity contribution in [3.63, 3.8) is 0 Å². The summed E-state index contributed by atoms with van der Waals surface area (Å²) in [4.78, 5) is 15.9. The van der Waals surface area contributed by atoms with Crippen LogP contribution in [0.25, 0.3) is 0 Å². The van der Waals surface area contributed by atoms with Gasteiger partial charge in [-0.05, 0) is 19.4 Å². The van der Waals surface area contributed by atoms with Gasteiger partial charge in [0, 0.05) is 5.38 Å². The van der Waals surface area contributed by atoms with Crippen LogP contribution in [0.4, 0.5) is 0 Å². The van der Waals surface area contributed by atoms with E-state index >= 15 is 0 Å². The van der Waals surface area contributed by atoms with E-state index in [1.807, 2.05) is 44.2 Å². The summed E-state index contributed by atoms with van der Waals surface area (Å²) in [6.45, 7) is 3.96. The lowest BCUT2D eigenvalue weighted by molar-refractivity contribution is 0.0907. The molecule has 0 atom stereocenters. The second kappa shape index (κ2) is 4.67. The molecular formula is C13H14N2OS. The molecule has 0 aliphatic heterocycles. The molecule has 0 spiro atoms. The Kier molecular flexibility index (Phi) is 3.24. The maximum atomic E-state index is 11.9. The first-order valence-corrected chi connectivity index (χ1v) is 6.30. The number of hydrogen-bond acceptors (Lipinski definition) is 3. The average molecular weight is 246 g/mol. The monoisotopic (exact) mass is 246 g/mol. The van der Waals surface area contributed by atoms with E-state index in [-0.39, 0.29) is 5.91 Å². The van der Waals surface area contributed by atoms with Gasteiger partial charge >= 0.3 is 0 Å². The minimum absolute atomic E-state index is 0.139. The van der Waals surface area contributed by atoms with Crippen LogP contribution >= 0.6 is 11.3 Å². The molecule has 0 saturated heterocycles. The summed E-state index contributed by atoms with van der Waals surface area (Å²) >= 11 is 1.42. The highest BCUT2D eigenvalue weighted by atomic mass is 32.1. The first kappa shape index (κ1) is 11.8. The summed E-state index contributed by atoms with van der Waals surface area (Å²) in [5.41, 5.74) is 2.80. The number of hydrogen-bond donors (Lipinski definition) is 1. The summed E-state index contributed by atoms with van der Waals surface area (Å²) in [5.74, 6) is -0.139. The van der Waals surface area contributed by atoms with E-state index in [0.29, 0.717) is 5.69 Å². The summed E-state index contributed by atoms with van der Waals surface area (Å²) in [7, 11) is 0. The molecule has 0 aliphatic rings. The number of thiazole rings is 1. The van der Waals surface area contributed by atoms with Crippen LogP contribution in [0.5, 0.6) is 0 Å². The second-order valence-corrected chi connectivity index (χ2v) is 5.04. The van der Waals surface area contributed by atoms with Crippen LogP contribution in [0.2, 0.25) is 0 Å². The third-order valence-corrected chi connectivity index (χ3v) is 3.17. The molecule has 4 heteroatoms. The highest BCUT2D eigenvalue weighted by molar-refractivity contribution is 7.07. The van der Waals surface area contributed by atoms with E-state index in [2.05, 4.69) is 10.3 Å². The van der Waals surface area contributed by atoms with Crippen molar-refractivity contribution in [2.45, 2.75) is 19.4 Å². The minimum Gasteiger partial charge on any atom is -0.342 e. The van der Waals surface area contributed by atoms with Gasteiger partial charge in [0.15, 0.2) is 0 Å². The Morgan fingerprint density at radius 1 is 1.29 bits per heavy atom. The largest absolute Gasteiger partial charge is 0.342 e. The van der Waals surface area contributed by atoms with Gasteiger partial charge < -0.3 is 5.32 Å². The van der Waals surface area contributed by atoms with E-state index in [1.54, 1.807) is 10.9 Å². The predicted octanol–water partition coefficient (Wildman–Crippen LogP) is 2.81. The van der Waals surface area contributed by atoms with Crippen LogP contribution < -0.4 is 5.32 Å². The summed E-state index contributed by atoms with van der Waals surface area (Å²) in [5, 5.41) is 4.73. The van der Waals surface area contributed by atoms with Crippen LogP contribution in [0, 0.1) is 0 Å². The zero-order valence-electron chi connectivity index (χ0n) is 9.81. The Bertz CT molecular complexity index is 491. The summed E-state index contributed by atoms with van der Waals surface area (Å²) in [6, 6.07) is 9.89. The molecule has 0 aliphatic carbocycles. The number of aromatic nitrogens is 1. The third kappa shape index (κ3) is 2.71. The van der Waals surface area contributed by atoms with Gasteiger partial charge in [0.25, 0.3) is 5.91 Å². The summed E-state index contributed by atoms with van der Waals surface area (Å²) in [6.07, 6.45) is 0. The van der Waals surface area contributed by atoms with Crippen LogP contribution in [-0.4, -0.2) is 10.9 Å². The molecule has 1 N–H and O–H groups in total. The van der Waals surface area contributed by atoms with Crippen molar-refractivity contribution in [3.05, 3.63) is 52.5 Å². The standard InChI is InChI=1S/C13H14N2OS/c1-13(2,10-6-4-3-5-7-10)15-12(16)11-8-17-9-14-11/h3-9H,1-2H3,(H,15,16). The van der Waals surface area contributed by atoms with Crippen molar-refractivity contribution < 1.29 is 4.79 Å². The van der Waals surface area contributed by atoms with Gasteiger partial charge in [-0.2, -0.15) is 0 Å². The zero-order chi connectivity index (χ0) is 12.3. The van der Waals surface area contributed by atoms with E-state index < -0.39 is 5.54 Å². The van der Waals surface area contributed by atoms with Gasteiger partial charge in [-0.1, -0.05) is 30.3 Å². The van der Waals surface area contributed by atoms with Gasteiger partial charge in [-0.25, -0.2) is 4.98 Å². The molecule has 1 amide bonds. The van der Waals surface area contributed by atoms with Crippen molar-refractivity contribution in [3.8, 4) is 0 Å². The molecule has 0 bridgehead atoms. The number of carbonyl (C=O) groups excluding carboxylic acids is 1. The molecular weight excluding hydrogens is 232 g/mol. The molecule has 3 nitrogen and oxygen atoms in total. The Morgan fingerprint density at radius 2 is 2.00 bits per heavy atom. The first-order chi connectivity index (χ1) is 8.09. The van der Waals surface area contributed by atoms with Crippen LogP contribution in [0.1, 0.15) is 29.9 Å². The Morgan fingerprint density at radius 3 is 2.59 bits per heavy atom. The van der Waals surface area contributed by atoms with Crippen LogP contribution in [-0.2, 0) is 5.54 Å². The number of rotatable bonds is 3. The van der Waals surface area contributed by atoms with Crippen LogP contribution in [0.15, 0.2) is 41.2 Å². The SMILES string of the molecule is CC(C)(NC(=O)c1cscn1)c1ccccc1. The smallest absolute Gasteiger partial charge is 0.271 e. The van der Waals surface area contributed by atoms with Crippen molar-refractivity contribution in [2.75, 3.05) is 0 Å². The highest BCUT2D eigenvalue weighted by Crippen LogP contribution is 2.20. The number of nitrogens with one attached hydrogen (secondary N) is 1. The normalized spacial score (nSPS) is 11.2. The Hall–Kier alpha value is -1.68. The van der Waals surface area contributed by atoms with Crippen LogP contribution in [0.3, 0.4) is 0 Å². The zero-order valence-corrected chi connectivity index (χ0v) is 10.6. The lowest BCUT2D eigenvalue weighted by atomic mass is 9.94. The first-order valence-electron chi connectivity index (χ1n) is 5.36. The van der Waals surface area contributed by atoms with E-state index in [1.165, 1.54) is 11.3 Å². The number of amides is 1. The van der Waals surface area contributed by atoms with Gasteiger partial charge in [-0.3, -0.25) is 4.79 Å². The predicted molar refractivity (Wildman–Crippen MR) is 69.0 cm³/mol. The molecule has 2 rings (SSSR count). The molecule has 17 heavy (non-hydrogen) atoms. The molecule has 0 saturated carbocycles. The lowest BCUT2D eigenvalue weighted by Gasteiger charge is -2.26. The molecule has 1 aromatic heterocycles. The minimum atomic E-state index is -0.401. The fourth-order valence-corrected chi connectivity index (χ4v) is 2.13. The van der Waals surface area contributed by atoms with Gasteiger partial charge in [-0.15, -0.1) is 11.3 Å². The quantitative estimate of drug-likeness (QED) is 0.904. The Balaban J connectivity index is 2.15. The van der Waals surface area contributed by atoms with E-state index in [9.17, 15) is 4.79 Å². The van der Waals surface area contributed by atoms with Crippen molar-refractivity contribution in [2.24, 2.45) is 0 Å². The molecule has 1 heterocycles. The molecule has 88 valence electrons. The molecule has 1 aromatic carbocycles. The lowest BCUT2D eigenvalue weighted by Crippen LogP contribution is -2.41. The fourth-order valence-electron chi connectivity index (χ4n) is 1.60. The highest BCUT2D eigenvalue weighted by Gasteiger charge is 2.23. The molecule has 0 unspecified atom stereocenters. The molecule has 0 radical (unpaired) electrons. The van der Waals surface area contributed by atoms with Gasteiger partial charge in [0.1, 0.15) is 5.69 Å². The van der Waals surface area contributed by atoms with Crippen molar-refractivity contribution in [1.82, 2.24) is 10.3 Å².